The molecule has 1 aromatic carbocycles. The van der Waals surface area contributed by atoms with Gasteiger partial charge < -0.3 is 14.6 Å². The van der Waals surface area contributed by atoms with Crippen LogP contribution in [0.15, 0.2) is 30.3 Å². The maximum Gasteiger partial charge on any atom is 0.0717 e. The third-order valence-corrected chi connectivity index (χ3v) is 3.31. The van der Waals surface area contributed by atoms with Gasteiger partial charge in [0.2, 0.25) is 0 Å². The average Bonchev–Trinajstić information content (AvgIpc) is 2.36. The second kappa shape index (κ2) is 7.52. The summed E-state index contributed by atoms with van der Waals surface area (Å²) in [6.45, 7) is 2.43. The van der Waals surface area contributed by atoms with E-state index in [0.717, 1.165) is 25.9 Å². The fourth-order valence-electron chi connectivity index (χ4n) is 2.18. The zero-order valence-electron chi connectivity index (χ0n) is 10.8. The van der Waals surface area contributed by atoms with Crippen LogP contribution in [0.1, 0.15) is 24.8 Å². The topological polar surface area (TPSA) is 38.7 Å². The summed E-state index contributed by atoms with van der Waals surface area (Å²) >= 11 is 0. The quantitative estimate of drug-likeness (QED) is 0.720. The Balaban J connectivity index is 1.50. The lowest BCUT2D eigenvalue weighted by atomic mass is 9.83. The van der Waals surface area contributed by atoms with Gasteiger partial charge in [-0.05, 0) is 30.7 Å². The summed E-state index contributed by atoms with van der Waals surface area (Å²) in [4.78, 5) is 0. The Hall–Kier alpha value is -0.900. The van der Waals surface area contributed by atoms with E-state index in [2.05, 4.69) is 12.1 Å². The van der Waals surface area contributed by atoms with Gasteiger partial charge in [-0.3, -0.25) is 0 Å². The van der Waals surface area contributed by atoms with E-state index in [9.17, 15) is 0 Å². The highest BCUT2D eigenvalue weighted by atomic mass is 16.5. The number of aliphatic hydroxyl groups is 1. The van der Waals surface area contributed by atoms with Crippen molar-refractivity contribution in [1.82, 2.24) is 0 Å². The molecule has 1 aromatic rings. The van der Waals surface area contributed by atoms with E-state index in [-0.39, 0.29) is 6.61 Å². The highest BCUT2D eigenvalue weighted by molar-refractivity contribution is 5.13. The zero-order valence-corrected chi connectivity index (χ0v) is 10.8. The van der Waals surface area contributed by atoms with Gasteiger partial charge in [-0.25, -0.2) is 0 Å². The van der Waals surface area contributed by atoms with E-state index in [4.69, 9.17) is 14.6 Å². The molecule has 3 heteroatoms. The van der Waals surface area contributed by atoms with E-state index < -0.39 is 0 Å². The second-order valence-electron chi connectivity index (χ2n) is 4.91. The molecule has 1 aliphatic carbocycles. The molecule has 0 bridgehead atoms. The van der Waals surface area contributed by atoms with Crippen LogP contribution in [-0.4, -0.2) is 31.0 Å². The molecule has 1 N–H and O–H groups in total. The molecule has 0 unspecified atom stereocenters. The zero-order chi connectivity index (χ0) is 12.6. The fourth-order valence-corrected chi connectivity index (χ4v) is 2.18. The molecule has 0 aliphatic heterocycles. The molecule has 0 aromatic heterocycles. The summed E-state index contributed by atoms with van der Waals surface area (Å²) in [5.41, 5.74) is 1.23. The van der Waals surface area contributed by atoms with Crippen molar-refractivity contribution in [2.45, 2.75) is 32.0 Å². The van der Waals surface area contributed by atoms with Crippen LogP contribution in [0, 0.1) is 5.92 Å². The molecule has 100 valence electrons. The molecular weight excluding hydrogens is 228 g/mol. The van der Waals surface area contributed by atoms with Gasteiger partial charge in [-0.15, -0.1) is 0 Å². The van der Waals surface area contributed by atoms with E-state index >= 15 is 0 Å². The van der Waals surface area contributed by atoms with Gasteiger partial charge in [0.1, 0.15) is 0 Å². The van der Waals surface area contributed by atoms with E-state index in [1.807, 2.05) is 18.2 Å². The largest absolute Gasteiger partial charge is 0.396 e. The molecule has 18 heavy (non-hydrogen) atoms. The molecule has 1 fully saturated rings. The van der Waals surface area contributed by atoms with Crippen molar-refractivity contribution < 1.29 is 14.6 Å². The Morgan fingerprint density at radius 1 is 1.17 bits per heavy atom. The third-order valence-electron chi connectivity index (χ3n) is 3.31. The first-order valence-electron chi connectivity index (χ1n) is 6.72. The summed E-state index contributed by atoms with van der Waals surface area (Å²) in [6.07, 6.45) is 3.33. The predicted molar refractivity (Wildman–Crippen MR) is 70.3 cm³/mol. The van der Waals surface area contributed by atoms with Crippen LogP contribution in [-0.2, 0) is 16.1 Å². The SMILES string of the molecule is OCCCOC1CC(COCc2ccccc2)C1. The van der Waals surface area contributed by atoms with Crippen molar-refractivity contribution in [3.8, 4) is 0 Å². The minimum absolute atomic E-state index is 0.219. The van der Waals surface area contributed by atoms with E-state index in [1.165, 1.54) is 5.56 Å². The average molecular weight is 250 g/mol. The number of hydrogen-bond donors (Lipinski definition) is 1. The minimum Gasteiger partial charge on any atom is -0.396 e. The normalized spacial score (nSPS) is 22.7. The van der Waals surface area contributed by atoms with E-state index in [1.54, 1.807) is 0 Å². The van der Waals surface area contributed by atoms with Gasteiger partial charge >= 0.3 is 0 Å². The molecule has 1 aliphatic rings. The van der Waals surface area contributed by atoms with Crippen LogP contribution in [0.25, 0.3) is 0 Å². The Labute approximate surface area is 109 Å². The van der Waals surface area contributed by atoms with Crippen LogP contribution < -0.4 is 0 Å². The van der Waals surface area contributed by atoms with Gasteiger partial charge in [-0.1, -0.05) is 30.3 Å². The number of aliphatic hydroxyl groups excluding tert-OH is 1. The van der Waals surface area contributed by atoms with Crippen molar-refractivity contribution in [3.05, 3.63) is 35.9 Å². The van der Waals surface area contributed by atoms with Crippen LogP contribution >= 0.6 is 0 Å². The first-order valence-corrected chi connectivity index (χ1v) is 6.72. The summed E-state index contributed by atoms with van der Waals surface area (Å²) in [5.74, 6) is 0.646. The van der Waals surface area contributed by atoms with Crippen LogP contribution in [0.4, 0.5) is 0 Å². The molecule has 1 saturated carbocycles. The Morgan fingerprint density at radius 3 is 2.67 bits per heavy atom. The number of benzene rings is 1. The monoisotopic (exact) mass is 250 g/mol. The predicted octanol–water partition coefficient (Wildman–Crippen LogP) is 2.38. The third kappa shape index (κ3) is 4.41. The van der Waals surface area contributed by atoms with Crippen molar-refractivity contribution in [3.63, 3.8) is 0 Å². The Morgan fingerprint density at radius 2 is 1.94 bits per heavy atom. The van der Waals surface area contributed by atoms with Crippen LogP contribution in [0.3, 0.4) is 0 Å². The van der Waals surface area contributed by atoms with Gasteiger partial charge in [0.15, 0.2) is 0 Å². The summed E-state index contributed by atoms with van der Waals surface area (Å²) in [7, 11) is 0. The van der Waals surface area contributed by atoms with Crippen molar-refractivity contribution in [1.29, 1.82) is 0 Å². The summed E-state index contributed by atoms with van der Waals surface area (Å²) < 4.78 is 11.3. The van der Waals surface area contributed by atoms with Crippen molar-refractivity contribution >= 4 is 0 Å². The van der Waals surface area contributed by atoms with Gasteiger partial charge in [-0.2, -0.15) is 0 Å². The number of ether oxygens (including phenoxy) is 2. The second-order valence-corrected chi connectivity index (χ2v) is 4.91. The van der Waals surface area contributed by atoms with Gasteiger partial charge in [0.05, 0.1) is 19.3 Å². The highest BCUT2D eigenvalue weighted by Crippen LogP contribution is 2.30. The van der Waals surface area contributed by atoms with Crippen LogP contribution in [0.2, 0.25) is 0 Å². The standard InChI is InChI=1S/C15H22O3/c16-7-4-8-18-15-9-14(10-15)12-17-11-13-5-2-1-3-6-13/h1-3,5-6,14-16H,4,7-12H2. The molecule has 0 spiro atoms. The molecule has 0 atom stereocenters. The molecule has 0 amide bonds. The smallest absolute Gasteiger partial charge is 0.0717 e. The lowest BCUT2D eigenvalue weighted by Gasteiger charge is -2.34. The Bertz CT molecular complexity index is 320. The number of rotatable bonds is 8. The summed E-state index contributed by atoms with van der Waals surface area (Å²) in [5, 5.41) is 8.65. The van der Waals surface area contributed by atoms with Crippen molar-refractivity contribution in [2.75, 3.05) is 19.8 Å². The fraction of sp³-hybridized carbons (Fsp3) is 0.600. The lowest BCUT2D eigenvalue weighted by molar-refractivity contribution is -0.0609. The molecule has 0 heterocycles. The molecule has 3 nitrogen and oxygen atoms in total. The van der Waals surface area contributed by atoms with Crippen LogP contribution in [0.5, 0.6) is 0 Å². The first kappa shape index (κ1) is 13.5. The maximum absolute atomic E-state index is 8.65. The maximum atomic E-state index is 8.65. The molecule has 0 saturated heterocycles. The first-order chi connectivity index (χ1) is 8.88. The summed E-state index contributed by atoms with van der Waals surface area (Å²) in [6, 6.07) is 10.3. The van der Waals surface area contributed by atoms with Gasteiger partial charge in [0.25, 0.3) is 0 Å². The van der Waals surface area contributed by atoms with Gasteiger partial charge in [0, 0.05) is 13.2 Å². The Kier molecular flexibility index (Phi) is 5.65. The lowest BCUT2D eigenvalue weighted by Crippen LogP contribution is -2.34. The molecular formula is C15H22O3. The molecule has 0 radical (unpaired) electrons. The molecule has 2 rings (SSSR count). The van der Waals surface area contributed by atoms with Crippen molar-refractivity contribution in [2.24, 2.45) is 5.92 Å². The number of hydrogen-bond acceptors (Lipinski definition) is 3. The minimum atomic E-state index is 0.219. The highest BCUT2D eigenvalue weighted by Gasteiger charge is 2.29. The van der Waals surface area contributed by atoms with E-state index in [0.29, 0.717) is 25.2 Å².